The van der Waals surface area contributed by atoms with E-state index >= 15 is 0 Å². The van der Waals surface area contributed by atoms with Crippen molar-refractivity contribution in [2.75, 3.05) is 44.2 Å². The van der Waals surface area contributed by atoms with Gasteiger partial charge in [0.1, 0.15) is 5.82 Å². The lowest BCUT2D eigenvalue weighted by molar-refractivity contribution is -0.136. The van der Waals surface area contributed by atoms with Gasteiger partial charge < -0.3 is 14.7 Å². The van der Waals surface area contributed by atoms with Gasteiger partial charge >= 0.3 is 0 Å². The second-order valence-corrected chi connectivity index (χ2v) is 6.43. The van der Waals surface area contributed by atoms with E-state index in [4.69, 9.17) is 0 Å². The molecular formula is C18H25ClFN3O2. The van der Waals surface area contributed by atoms with Gasteiger partial charge in [0.15, 0.2) is 0 Å². The zero-order valence-electron chi connectivity index (χ0n) is 14.3. The van der Waals surface area contributed by atoms with Crippen molar-refractivity contribution in [3.8, 4) is 0 Å². The molecule has 138 valence electrons. The maximum absolute atomic E-state index is 13.0. The molecule has 0 bridgehead atoms. The second kappa shape index (κ2) is 9.04. The molecule has 1 aromatic rings. The minimum Gasteiger partial charge on any atom is -0.368 e. The van der Waals surface area contributed by atoms with Crippen LogP contribution >= 0.6 is 12.4 Å². The van der Waals surface area contributed by atoms with E-state index in [1.807, 2.05) is 9.80 Å². The Balaban J connectivity index is 0.00000225. The Kier molecular flexibility index (Phi) is 7.05. The molecule has 2 saturated heterocycles. The van der Waals surface area contributed by atoms with Crippen molar-refractivity contribution in [2.45, 2.75) is 25.7 Å². The van der Waals surface area contributed by atoms with E-state index in [9.17, 15) is 14.0 Å². The van der Waals surface area contributed by atoms with Crippen LogP contribution in [0.2, 0.25) is 0 Å². The van der Waals surface area contributed by atoms with Gasteiger partial charge in [-0.25, -0.2) is 4.39 Å². The average molecular weight is 370 g/mol. The first-order valence-corrected chi connectivity index (χ1v) is 8.69. The van der Waals surface area contributed by atoms with Gasteiger partial charge in [-0.1, -0.05) is 0 Å². The number of halogens is 2. The number of nitrogens with zero attached hydrogens (tertiary/aromatic N) is 3. The Morgan fingerprint density at radius 2 is 1.28 bits per heavy atom. The van der Waals surface area contributed by atoms with E-state index < -0.39 is 0 Å². The van der Waals surface area contributed by atoms with E-state index in [-0.39, 0.29) is 30.0 Å². The number of piperazine rings is 1. The number of rotatable bonds is 4. The smallest absolute Gasteiger partial charge is 0.223 e. The third kappa shape index (κ3) is 5.08. The molecule has 0 atom stereocenters. The van der Waals surface area contributed by atoms with Gasteiger partial charge in [0, 0.05) is 57.8 Å². The van der Waals surface area contributed by atoms with Gasteiger partial charge in [-0.2, -0.15) is 0 Å². The quantitative estimate of drug-likeness (QED) is 0.818. The minimum atomic E-state index is -0.241. The molecule has 25 heavy (non-hydrogen) atoms. The summed E-state index contributed by atoms with van der Waals surface area (Å²) in [5.41, 5.74) is 0.979. The second-order valence-electron chi connectivity index (χ2n) is 6.43. The van der Waals surface area contributed by atoms with Gasteiger partial charge in [0.25, 0.3) is 0 Å². The molecule has 3 rings (SSSR count). The number of carbonyl (C=O) groups is 2. The molecule has 0 aromatic heterocycles. The fourth-order valence-corrected chi connectivity index (χ4v) is 3.36. The molecule has 2 heterocycles. The van der Waals surface area contributed by atoms with Crippen LogP contribution in [0.1, 0.15) is 25.7 Å². The highest BCUT2D eigenvalue weighted by Crippen LogP contribution is 2.17. The summed E-state index contributed by atoms with van der Waals surface area (Å²) in [6, 6.07) is 6.44. The summed E-state index contributed by atoms with van der Waals surface area (Å²) in [5, 5.41) is 0. The van der Waals surface area contributed by atoms with Crippen LogP contribution in [0.25, 0.3) is 0 Å². The monoisotopic (exact) mass is 369 g/mol. The fourth-order valence-electron chi connectivity index (χ4n) is 3.36. The maximum Gasteiger partial charge on any atom is 0.223 e. The van der Waals surface area contributed by atoms with E-state index in [0.29, 0.717) is 25.9 Å². The third-order valence-corrected chi connectivity index (χ3v) is 4.84. The molecule has 2 aliphatic heterocycles. The zero-order valence-corrected chi connectivity index (χ0v) is 15.1. The van der Waals surface area contributed by atoms with Crippen molar-refractivity contribution in [2.24, 2.45) is 0 Å². The third-order valence-electron chi connectivity index (χ3n) is 4.84. The number of likely N-dealkylation sites (tertiary alicyclic amines) is 1. The van der Waals surface area contributed by atoms with Gasteiger partial charge in [-0.15, -0.1) is 12.4 Å². The van der Waals surface area contributed by atoms with Crippen molar-refractivity contribution in [1.29, 1.82) is 0 Å². The van der Waals surface area contributed by atoms with Crippen LogP contribution < -0.4 is 4.90 Å². The Hall–Kier alpha value is -1.82. The van der Waals surface area contributed by atoms with Crippen molar-refractivity contribution in [3.05, 3.63) is 30.1 Å². The molecule has 5 nitrogen and oxygen atoms in total. The van der Waals surface area contributed by atoms with Gasteiger partial charge in [-0.3, -0.25) is 9.59 Å². The molecular weight excluding hydrogens is 345 g/mol. The van der Waals surface area contributed by atoms with Crippen LogP contribution in [0.4, 0.5) is 10.1 Å². The normalized spacial score (nSPS) is 17.4. The first kappa shape index (κ1) is 19.5. The summed E-state index contributed by atoms with van der Waals surface area (Å²) in [5.74, 6) is -0.0812. The predicted molar refractivity (Wildman–Crippen MR) is 97.5 cm³/mol. The molecule has 2 amide bonds. The van der Waals surface area contributed by atoms with E-state index in [2.05, 4.69) is 4.90 Å². The molecule has 0 spiro atoms. The molecule has 0 unspecified atom stereocenters. The molecule has 0 N–H and O–H groups in total. The van der Waals surface area contributed by atoms with Crippen LogP contribution in [0.15, 0.2) is 24.3 Å². The first-order chi connectivity index (χ1) is 11.6. The molecule has 0 radical (unpaired) electrons. The molecule has 0 aliphatic carbocycles. The number of benzene rings is 1. The van der Waals surface area contributed by atoms with Crippen molar-refractivity contribution in [1.82, 2.24) is 9.80 Å². The maximum atomic E-state index is 13.0. The topological polar surface area (TPSA) is 43.9 Å². The SMILES string of the molecule is Cl.O=C(CCC(=O)N1CCN(c2ccc(F)cc2)CC1)N1CCCC1. The lowest BCUT2D eigenvalue weighted by Gasteiger charge is -2.36. The summed E-state index contributed by atoms with van der Waals surface area (Å²) >= 11 is 0. The summed E-state index contributed by atoms with van der Waals surface area (Å²) in [6.07, 6.45) is 2.76. The summed E-state index contributed by atoms with van der Waals surface area (Å²) < 4.78 is 13.0. The predicted octanol–water partition coefficient (Wildman–Crippen LogP) is 2.30. The summed E-state index contributed by atoms with van der Waals surface area (Å²) in [7, 11) is 0. The van der Waals surface area contributed by atoms with Gasteiger partial charge in [0.05, 0.1) is 0 Å². The number of hydrogen-bond acceptors (Lipinski definition) is 3. The van der Waals surface area contributed by atoms with E-state index in [1.54, 1.807) is 12.1 Å². The van der Waals surface area contributed by atoms with Crippen molar-refractivity contribution >= 4 is 29.9 Å². The van der Waals surface area contributed by atoms with Crippen molar-refractivity contribution in [3.63, 3.8) is 0 Å². The van der Waals surface area contributed by atoms with Crippen molar-refractivity contribution < 1.29 is 14.0 Å². The molecule has 7 heteroatoms. The summed E-state index contributed by atoms with van der Waals surface area (Å²) in [4.78, 5) is 30.1. The molecule has 1 aromatic carbocycles. The Morgan fingerprint density at radius 3 is 1.80 bits per heavy atom. The number of anilines is 1. The average Bonchev–Trinajstić information content (AvgIpc) is 3.15. The standard InChI is InChI=1S/C18H24FN3O2.ClH/c19-15-3-5-16(6-4-15)20-11-13-22(14-12-20)18(24)8-7-17(23)21-9-1-2-10-21;/h3-6H,1-2,7-14H2;1H. The highest BCUT2D eigenvalue weighted by atomic mass is 35.5. The lowest BCUT2D eigenvalue weighted by atomic mass is 10.2. The lowest BCUT2D eigenvalue weighted by Crippen LogP contribution is -2.49. The number of amides is 2. The molecule has 2 fully saturated rings. The van der Waals surface area contributed by atoms with Gasteiger partial charge in [0.2, 0.25) is 11.8 Å². The highest BCUT2D eigenvalue weighted by molar-refractivity contribution is 5.85. The summed E-state index contributed by atoms with van der Waals surface area (Å²) in [6.45, 7) is 4.43. The zero-order chi connectivity index (χ0) is 16.9. The number of carbonyl (C=O) groups excluding carboxylic acids is 2. The van der Waals surface area contributed by atoms with Crippen LogP contribution in [-0.4, -0.2) is 60.9 Å². The molecule has 0 saturated carbocycles. The highest BCUT2D eigenvalue weighted by Gasteiger charge is 2.23. The van der Waals surface area contributed by atoms with Crippen LogP contribution in [0, 0.1) is 5.82 Å². The Bertz CT molecular complexity index is 582. The largest absolute Gasteiger partial charge is 0.368 e. The van der Waals surface area contributed by atoms with Gasteiger partial charge in [-0.05, 0) is 37.1 Å². The molecule has 2 aliphatic rings. The van der Waals surface area contributed by atoms with Crippen LogP contribution in [0.5, 0.6) is 0 Å². The van der Waals surface area contributed by atoms with E-state index in [0.717, 1.165) is 44.7 Å². The first-order valence-electron chi connectivity index (χ1n) is 8.69. The van der Waals surface area contributed by atoms with Crippen LogP contribution in [0.3, 0.4) is 0 Å². The number of hydrogen-bond donors (Lipinski definition) is 0. The Labute approximate surface area is 154 Å². The fraction of sp³-hybridized carbons (Fsp3) is 0.556. The van der Waals surface area contributed by atoms with E-state index in [1.165, 1.54) is 12.1 Å². The van der Waals surface area contributed by atoms with Crippen LogP contribution in [-0.2, 0) is 9.59 Å². The Morgan fingerprint density at radius 1 is 0.800 bits per heavy atom. The minimum absolute atomic E-state index is 0.